The van der Waals surface area contributed by atoms with Crippen LogP contribution < -0.4 is 0 Å². The fourth-order valence-electron chi connectivity index (χ4n) is 3.65. The number of hydrogen-bond acceptors (Lipinski definition) is 6. The Morgan fingerprint density at radius 2 is 1.93 bits per heavy atom. The first-order chi connectivity index (χ1) is 13.9. The zero-order chi connectivity index (χ0) is 20.2. The summed E-state index contributed by atoms with van der Waals surface area (Å²) in [5, 5.41) is 5.13. The molecule has 0 saturated carbocycles. The molecule has 0 atom stereocenters. The Bertz CT molecular complexity index is 1340. The van der Waals surface area contributed by atoms with Crippen molar-refractivity contribution >= 4 is 21.1 Å². The van der Waals surface area contributed by atoms with Crippen molar-refractivity contribution in [2.75, 3.05) is 6.54 Å². The number of aryl methyl sites for hydroxylation is 2. The molecular weight excluding hydrogens is 390 g/mol. The smallest absolute Gasteiger partial charge is 0.277 e. The molecule has 0 unspecified atom stereocenters. The predicted octanol–water partition coefficient (Wildman–Crippen LogP) is 1.51. The zero-order valence-corrected chi connectivity index (χ0v) is 16.8. The van der Waals surface area contributed by atoms with Gasteiger partial charge in [0, 0.05) is 80.6 Å². The van der Waals surface area contributed by atoms with Crippen LogP contribution in [-0.2, 0) is 37.1 Å². The quantitative estimate of drug-likeness (QED) is 0.509. The van der Waals surface area contributed by atoms with Crippen molar-refractivity contribution in [1.29, 1.82) is 0 Å². The average Bonchev–Trinajstić information content (AvgIpc) is 3.34. The summed E-state index contributed by atoms with van der Waals surface area (Å²) in [7, 11) is -0.116. The van der Waals surface area contributed by atoms with E-state index in [1.165, 1.54) is 15.1 Å². The number of hydrogen-bond donors (Lipinski definition) is 0. The molecule has 148 valence electrons. The van der Waals surface area contributed by atoms with E-state index in [1.807, 2.05) is 25.4 Å². The normalized spacial score (nSPS) is 15.0. The molecule has 1 aliphatic heterocycles. The van der Waals surface area contributed by atoms with E-state index in [4.69, 9.17) is 0 Å². The molecule has 0 saturated heterocycles. The molecule has 0 radical (unpaired) electrons. The highest BCUT2D eigenvalue weighted by Crippen LogP contribution is 2.27. The van der Waals surface area contributed by atoms with Gasteiger partial charge in [0.25, 0.3) is 10.0 Å². The lowest BCUT2D eigenvalue weighted by Gasteiger charge is -2.27. The largest absolute Gasteiger partial charge is 0.324 e. The van der Waals surface area contributed by atoms with Gasteiger partial charge in [-0.25, -0.2) is 23.4 Å². The van der Waals surface area contributed by atoms with Crippen LogP contribution in [0.5, 0.6) is 0 Å². The fourth-order valence-corrected chi connectivity index (χ4v) is 5.14. The van der Waals surface area contributed by atoms with E-state index >= 15 is 0 Å². The second kappa shape index (κ2) is 6.46. The van der Waals surface area contributed by atoms with Crippen molar-refractivity contribution in [3.63, 3.8) is 0 Å². The first-order valence-electron chi connectivity index (χ1n) is 9.17. The third-order valence-electron chi connectivity index (χ3n) is 5.17. The molecular formula is C19H19N7O2S. The number of sulfonamides is 1. The standard InChI is InChI=1S/C19H19N7O2S/c1-24-6-4-20-19(24)29(27,28)26-5-3-17-15(12-26)8-13-7-14(9-21-18(13)23-17)16-10-22-25(2)11-16/h4,6-11H,3,5,12H2,1-2H3. The molecule has 0 aromatic carbocycles. The Labute approximate surface area is 167 Å². The molecule has 0 bridgehead atoms. The van der Waals surface area contributed by atoms with E-state index in [1.54, 1.807) is 30.3 Å². The van der Waals surface area contributed by atoms with Gasteiger partial charge in [0.15, 0.2) is 5.65 Å². The minimum atomic E-state index is -3.66. The third-order valence-corrected chi connectivity index (χ3v) is 7.01. The van der Waals surface area contributed by atoms with Crippen molar-refractivity contribution in [3.8, 4) is 11.1 Å². The molecule has 9 nitrogen and oxygen atoms in total. The molecule has 10 heteroatoms. The van der Waals surface area contributed by atoms with Crippen LogP contribution in [0.1, 0.15) is 11.3 Å². The van der Waals surface area contributed by atoms with Gasteiger partial charge >= 0.3 is 0 Å². The molecule has 1 aliphatic rings. The molecule has 0 spiro atoms. The van der Waals surface area contributed by atoms with E-state index in [0.717, 1.165) is 27.8 Å². The highest BCUT2D eigenvalue weighted by Gasteiger charge is 2.31. The molecule has 4 aromatic heterocycles. The van der Waals surface area contributed by atoms with Crippen molar-refractivity contribution < 1.29 is 8.42 Å². The molecule has 4 aromatic rings. The first kappa shape index (κ1) is 18.0. The second-order valence-electron chi connectivity index (χ2n) is 7.18. The molecule has 0 N–H and O–H groups in total. The van der Waals surface area contributed by atoms with E-state index in [0.29, 0.717) is 18.6 Å². The summed E-state index contributed by atoms with van der Waals surface area (Å²) < 4.78 is 30.7. The number of fused-ring (bicyclic) bond motifs is 2. The summed E-state index contributed by atoms with van der Waals surface area (Å²) in [5.41, 5.74) is 4.37. The minimum Gasteiger partial charge on any atom is -0.324 e. The summed E-state index contributed by atoms with van der Waals surface area (Å²) in [6, 6.07) is 4.00. The lowest BCUT2D eigenvalue weighted by Crippen LogP contribution is -2.37. The van der Waals surface area contributed by atoms with Crippen molar-refractivity contribution in [2.24, 2.45) is 14.1 Å². The molecule has 0 amide bonds. The second-order valence-corrected chi connectivity index (χ2v) is 9.01. The summed E-state index contributed by atoms with van der Waals surface area (Å²) in [5.74, 6) is 0. The van der Waals surface area contributed by atoms with E-state index in [9.17, 15) is 8.42 Å². The zero-order valence-electron chi connectivity index (χ0n) is 16.0. The average molecular weight is 409 g/mol. The maximum absolute atomic E-state index is 13.0. The van der Waals surface area contributed by atoms with Crippen LogP contribution in [0.25, 0.3) is 22.2 Å². The maximum atomic E-state index is 13.0. The highest BCUT2D eigenvalue weighted by atomic mass is 32.2. The Balaban J connectivity index is 1.53. The van der Waals surface area contributed by atoms with E-state index < -0.39 is 10.0 Å². The Morgan fingerprint density at radius 3 is 2.66 bits per heavy atom. The topological polar surface area (TPSA) is 98.8 Å². The van der Waals surface area contributed by atoms with Crippen LogP contribution in [0.3, 0.4) is 0 Å². The minimum absolute atomic E-state index is 0.0511. The Hall–Kier alpha value is -3.11. The molecule has 5 rings (SSSR count). The van der Waals surface area contributed by atoms with Crippen LogP contribution in [0.2, 0.25) is 0 Å². The van der Waals surface area contributed by atoms with Gasteiger partial charge in [0.05, 0.1) is 6.20 Å². The third kappa shape index (κ3) is 3.00. The Kier molecular flexibility index (Phi) is 4.00. The first-order valence-corrected chi connectivity index (χ1v) is 10.6. The summed E-state index contributed by atoms with van der Waals surface area (Å²) in [4.78, 5) is 13.2. The number of pyridine rings is 2. The fraction of sp³-hybridized carbons (Fsp3) is 0.263. The lowest BCUT2D eigenvalue weighted by atomic mass is 10.0. The summed E-state index contributed by atoms with van der Waals surface area (Å²) in [6.45, 7) is 0.638. The number of imidazole rings is 1. The molecule has 5 heterocycles. The number of nitrogens with zero attached hydrogens (tertiary/aromatic N) is 7. The number of aromatic nitrogens is 6. The van der Waals surface area contributed by atoms with Crippen LogP contribution >= 0.6 is 0 Å². The SMILES string of the molecule is Cn1cc(-c2cnc3nc4c(cc3c2)CN(S(=O)(=O)c2nccn2C)CC4)cn1. The van der Waals surface area contributed by atoms with Gasteiger partial charge in [0.1, 0.15) is 0 Å². The Morgan fingerprint density at radius 1 is 1.07 bits per heavy atom. The highest BCUT2D eigenvalue weighted by molar-refractivity contribution is 7.88. The van der Waals surface area contributed by atoms with Gasteiger partial charge in [-0.15, -0.1) is 0 Å². The maximum Gasteiger partial charge on any atom is 0.277 e. The summed E-state index contributed by atoms with van der Waals surface area (Å²) in [6.07, 6.45) is 9.17. The van der Waals surface area contributed by atoms with E-state index in [-0.39, 0.29) is 11.7 Å². The van der Waals surface area contributed by atoms with Gasteiger partial charge in [0.2, 0.25) is 5.16 Å². The lowest BCUT2D eigenvalue weighted by molar-refractivity contribution is 0.382. The number of rotatable bonds is 3. The van der Waals surface area contributed by atoms with Gasteiger partial charge in [-0.1, -0.05) is 0 Å². The van der Waals surface area contributed by atoms with Gasteiger partial charge < -0.3 is 4.57 Å². The van der Waals surface area contributed by atoms with Gasteiger partial charge in [-0.05, 0) is 17.7 Å². The molecule has 0 fully saturated rings. The van der Waals surface area contributed by atoms with Gasteiger partial charge in [-0.3, -0.25) is 4.68 Å². The van der Waals surface area contributed by atoms with E-state index in [2.05, 4.69) is 20.1 Å². The van der Waals surface area contributed by atoms with Gasteiger partial charge in [-0.2, -0.15) is 9.40 Å². The van der Waals surface area contributed by atoms with Crippen LogP contribution in [0.15, 0.2) is 48.3 Å². The van der Waals surface area contributed by atoms with Crippen LogP contribution in [-0.4, -0.2) is 48.6 Å². The monoisotopic (exact) mass is 409 g/mol. The van der Waals surface area contributed by atoms with Crippen LogP contribution in [0.4, 0.5) is 0 Å². The van der Waals surface area contributed by atoms with Crippen molar-refractivity contribution in [3.05, 3.63) is 54.4 Å². The van der Waals surface area contributed by atoms with Crippen molar-refractivity contribution in [2.45, 2.75) is 18.1 Å². The predicted molar refractivity (Wildman–Crippen MR) is 106 cm³/mol. The molecule has 0 aliphatic carbocycles. The molecule has 29 heavy (non-hydrogen) atoms. The van der Waals surface area contributed by atoms with Crippen molar-refractivity contribution in [1.82, 2.24) is 33.6 Å². The van der Waals surface area contributed by atoms with Crippen LogP contribution in [0, 0.1) is 0 Å². The summed E-state index contributed by atoms with van der Waals surface area (Å²) >= 11 is 0.